The quantitative estimate of drug-likeness (QED) is 0.871. The molecule has 17 heavy (non-hydrogen) atoms. The molecule has 2 heteroatoms. The molecule has 1 aromatic carbocycles. The summed E-state index contributed by atoms with van der Waals surface area (Å²) in [5.41, 5.74) is 3.64. The highest BCUT2D eigenvalue weighted by molar-refractivity contribution is 5.27. The van der Waals surface area contributed by atoms with Crippen molar-refractivity contribution in [3.8, 4) is 0 Å². The lowest BCUT2D eigenvalue weighted by Gasteiger charge is -2.15. The first-order valence-corrected chi connectivity index (χ1v) is 5.86. The number of aromatic nitrogens is 1. The van der Waals surface area contributed by atoms with Gasteiger partial charge in [-0.1, -0.05) is 29.8 Å². The van der Waals surface area contributed by atoms with E-state index in [0.29, 0.717) is 0 Å². The molecule has 2 rings (SSSR count). The second-order valence-corrected chi connectivity index (χ2v) is 4.35. The lowest BCUT2D eigenvalue weighted by Crippen LogP contribution is -2.08. The molecule has 2 aromatic rings. The smallest absolute Gasteiger partial charge is 0.0502 e. The van der Waals surface area contributed by atoms with Gasteiger partial charge >= 0.3 is 0 Å². The van der Waals surface area contributed by atoms with Crippen LogP contribution in [0.2, 0.25) is 0 Å². The van der Waals surface area contributed by atoms with E-state index in [1.54, 1.807) is 12.4 Å². The third kappa shape index (κ3) is 3.14. The van der Waals surface area contributed by atoms with E-state index in [1.165, 1.54) is 16.7 Å². The van der Waals surface area contributed by atoms with E-state index in [0.717, 1.165) is 6.42 Å². The Balaban J connectivity index is 2.17. The molecular formula is C15H17NO. The maximum atomic E-state index is 9.52. The van der Waals surface area contributed by atoms with Crippen molar-refractivity contribution in [3.05, 3.63) is 65.5 Å². The van der Waals surface area contributed by atoms with Gasteiger partial charge in [-0.2, -0.15) is 0 Å². The normalized spacial score (nSPS) is 12.4. The van der Waals surface area contributed by atoms with Crippen molar-refractivity contribution in [1.82, 2.24) is 4.98 Å². The Labute approximate surface area is 102 Å². The van der Waals surface area contributed by atoms with Gasteiger partial charge in [-0.05, 0) is 36.6 Å². The number of benzene rings is 1. The Hall–Kier alpha value is -1.67. The first-order valence-electron chi connectivity index (χ1n) is 5.86. The fourth-order valence-corrected chi connectivity index (χ4v) is 2.02. The molecule has 88 valence electrons. The molecule has 1 aromatic heterocycles. The van der Waals surface area contributed by atoms with E-state index in [9.17, 15) is 5.11 Å². The van der Waals surface area contributed by atoms with E-state index in [-0.39, 0.29) is 12.5 Å². The zero-order chi connectivity index (χ0) is 12.1. The zero-order valence-corrected chi connectivity index (χ0v) is 10.0. The molecular weight excluding hydrogens is 210 g/mol. The van der Waals surface area contributed by atoms with E-state index < -0.39 is 0 Å². The number of hydrogen-bond acceptors (Lipinski definition) is 2. The number of hydrogen-bond donors (Lipinski definition) is 1. The summed E-state index contributed by atoms with van der Waals surface area (Å²) < 4.78 is 0. The molecule has 1 heterocycles. The maximum Gasteiger partial charge on any atom is 0.0502 e. The molecule has 0 spiro atoms. The van der Waals surface area contributed by atoms with Gasteiger partial charge < -0.3 is 5.11 Å². The largest absolute Gasteiger partial charge is 0.396 e. The Morgan fingerprint density at radius 1 is 1.18 bits per heavy atom. The van der Waals surface area contributed by atoms with Crippen LogP contribution in [0.5, 0.6) is 0 Å². The minimum Gasteiger partial charge on any atom is -0.396 e. The van der Waals surface area contributed by atoms with Crippen LogP contribution in [0.25, 0.3) is 0 Å². The molecule has 0 aliphatic rings. The van der Waals surface area contributed by atoms with Crippen molar-refractivity contribution in [2.24, 2.45) is 0 Å². The van der Waals surface area contributed by atoms with Crippen LogP contribution in [0.3, 0.4) is 0 Å². The van der Waals surface area contributed by atoms with Crippen molar-refractivity contribution in [2.45, 2.75) is 19.3 Å². The Bertz CT molecular complexity index is 467. The predicted molar refractivity (Wildman–Crippen MR) is 68.9 cm³/mol. The van der Waals surface area contributed by atoms with Gasteiger partial charge in [-0.15, -0.1) is 0 Å². The van der Waals surface area contributed by atoms with Gasteiger partial charge in [-0.3, -0.25) is 4.98 Å². The van der Waals surface area contributed by atoms with Gasteiger partial charge in [0.05, 0.1) is 6.61 Å². The molecule has 0 amide bonds. The number of aliphatic hydroxyl groups excluding tert-OH is 1. The summed E-state index contributed by atoms with van der Waals surface area (Å²) >= 11 is 0. The molecule has 1 N–H and O–H groups in total. The number of aliphatic hydroxyl groups is 1. The summed E-state index contributed by atoms with van der Waals surface area (Å²) in [4.78, 5) is 4.00. The lowest BCUT2D eigenvalue weighted by atomic mass is 9.92. The minimum absolute atomic E-state index is 0.164. The molecule has 1 atom stereocenters. The third-order valence-electron chi connectivity index (χ3n) is 2.97. The van der Waals surface area contributed by atoms with Crippen LogP contribution in [0.15, 0.2) is 48.8 Å². The third-order valence-corrected chi connectivity index (χ3v) is 2.97. The van der Waals surface area contributed by atoms with Gasteiger partial charge in [0, 0.05) is 18.3 Å². The highest BCUT2D eigenvalue weighted by atomic mass is 16.3. The topological polar surface area (TPSA) is 33.1 Å². The van der Waals surface area contributed by atoms with Crippen LogP contribution >= 0.6 is 0 Å². The van der Waals surface area contributed by atoms with E-state index in [2.05, 4.69) is 30.1 Å². The molecule has 0 aliphatic heterocycles. The van der Waals surface area contributed by atoms with Crippen molar-refractivity contribution in [3.63, 3.8) is 0 Å². The van der Waals surface area contributed by atoms with Crippen molar-refractivity contribution in [1.29, 1.82) is 0 Å². The molecule has 0 fully saturated rings. The predicted octanol–water partition coefficient (Wildman–Crippen LogP) is 2.71. The van der Waals surface area contributed by atoms with E-state index >= 15 is 0 Å². The van der Waals surface area contributed by atoms with Crippen molar-refractivity contribution < 1.29 is 5.11 Å². The summed E-state index contributed by atoms with van der Waals surface area (Å²) in [6.45, 7) is 2.25. The van der Waals surface area contributed by atoms with Crippen LogP contribution in [-0.4, -0.2) is 16.7 Å². The van der Waals surface area contributed by atoms with Crippen LogP contribution in [0, 0.1) is 6.92 Å². The highest BCUT2D eigenvalue weighted by Gasteiger charge is 2.11. The molecule has 0 bridgehead atoms. The van der Waals surface area contributed by atoms with Crippen LogP contribution in [-0.2, 0) is 6.42 Å². The minimum atomic E-state index is 0.164. The lowest BCUT2D eigenvalue weighted by molar-refractivity contribution is 0.264. The fraction of sp³-hybridized carbons (Fsp3) is 0.267. The average molecular weight is 227 g/mol. The summed E-state index contributed by atoms with van der Waals surface area (Å²) in [6, 6.07) is 12.3. The summed E-state index contributed by atoms with van der Waals surface area (Å²) in [5.74, 6) is 0.164. The Kier molecular flexibility index (Phi) is 3.89. The molecule has 1 unspecified atom stereocenters. The molecule has 0 saturated carbocycles. The molecule has 0 radical (unpaired) electrons. The molecule has 0 aliphatic carbocycles. The maximum absolute atomic E-state index is 9.52. The van der Waals surface area contributed by atoms with Crippen LogP contribution < -0.4 is 0 Å². The van der Waals surface area contributed by atoms with Crippen LogP contribution in [0.1, 0.15) is 22.6 Å². The van der Waals surface area contributed by atoms with E-state index in [4.69, 9.17) is 0 Å². The fourth-order valence-electron chi connectivity index (χ4n) is 2.02. The van der Waals surface area contributed by atoms with Crippen molar-refractivity contribution >= 4 is 0 Å². The number of nitrogens with zero attached hydrogens (tertiary/aromatic N) is 1. The van der Waals surface area contributed by atoms with Gasteiger partial charge in [0.2, 0.25) is 0 Å². The second-order valence-electron chi connectivity index (χ2n) is 4.35. The Morgan fingerprint density at radius 3 is 2.59 bits per heavy atom. The van der Waals surface area contributed by atoms with Crippen molar-refractivity contribution in [2.75, 3.05) is 6.61 Å². The molecule has 2 nitrogen and oxygen atoms in total. The van der Waals surface area contributed by atoms with E-state index in [1.807, 2.05) is 18.2 Å². The summed E-state index contributed by atoms with van der Waals surface area (Å²) in [5, 5.41) is 9.52. The standard InChI is InChI=1S/C15H17NO/c1-12-3-2-4-14(9-12)15(11-17)10-13-5-7-16-8-6-13/h2-9,15,17H,10-11H2,1H3. The molecule has 0 saturated heterocycles. The highest BCUT2D eigenvalue weighted by Crippen LogP contribution is 2.21. The zero-order valence-electron chi connectivity index (χ0n) is 10.0. The van der Waals surface area contributed by atoms with Gasteiger partial charge in [0.15, 0.2) is 0 Å². The Morgan fingerprint density at radius 2 is 1.94 bits per heavy atom. The SMILES string of the molecule is Cc1cccc(C(CO)Cc2ccncc2)c1. The summed E-state index contributed by atoms with van der Waals surface area (Å²) in [7, 11) is 0. The van der Waals surface area contributed by atoms with Gasteiger partial charge in [0.1, 0.15) is 0 Å². The number of rotatable bonds is 4. The first-order chi connectivity index (χ1) is 8.29. The van der Waals surface area contributed by atoms with Crippen LogP contribution in [0.4, 0.5) is 0 Å². The first kappa shape index (κ1) is 11.8. The van der Waals surface area contributed by atoms with Gasteiger partial charge in [-0.25, -0.2) is 0 Å². The number of pyridine rings is 1. The summed E-state index contributed by atoms with van der Waals surface area (Å²) in [6.07, 6.45) is 4.43. The average Bonchev–Trinajstić information content (AvgIpc) is 2.37. The number of aryl methyl sites for hydroxylation is 1. The monoisotopic (exact) mass is 227 g/mol. The second kappa shape index (κ2) is 5.60. The van der Waals surface area contributed by atoms with Gasteiger partial charge in [0.25, 0.3) is 0 Å².